The Hall–Kier alpha value is -1.65. The molecule has 0 aromatic rings. The zero-order valence-corrected chi connectivity index (χ0v) is 51.2. The number of hydrogen-bond donors (Lipinski definition) is 8. The molecule has 0 unspecified atom stereocenters. The van der Waals surface area contributed by atoms with Crippen molar-refractivity contribution >= 4 is 22.3 Å². The number of cyclic esters (lactones) is 1. The largest absolute Gasteiger partial charge is 1.00 e. The SMILES string of the molecule is CO[C@@H]1[C@@H](O)[C@H](O[C@@H]2[C@@H](O)[C@H](O[C@H]3[C@H](O)[C@@H](O)[C@H](O[C@H]4[C@H](O[C@H]5CC[C@]6(C)[C@H]7CC[C@]89C(=O)O[C@@](C)(/C=C/C=C(C)C)[C@H]8[C@@H](OC(C)=O)C[C@@]9(C)C7=CC[C@H]6C5(C)C)OC[C@@H](OS(=O)(=O)[O-])[C@@H]4O)O[C@@H]3C)OC[C@H]2O)O[C@H](CO)[C@H]1O.[Na+]. The van der Waals surface area contributed by atoms with Gasteiger partial charge in [-0.15, -0.1) is 0 Å². The zero-order valence-electron chi connectivity index (χ0n) is 48.4. The number of ether oxygens (including phenoxy) is 11. The molecule has 0 radical (unpaired) electrons. The molecule has 0 bridgehead atoms. The van der Waals surface area contributed by atoms with Gasteiger partial charge >= 0.3 is 41.5 Å². The standard InChI is InChI=1S/C55H84O25S.Na/c1-24(2)12-11-17-54(9)45-30(73-26(4)57)20-53(8)28-13-14-33-51(5,6)34(16-18-52(33,7)27(28)15-19-55(45,53)50(65)79-54)75-49-44(36(60)32(23-71-49)80-81(66,67)68)78-47-38(62)37(61)41(25(3)72-47)76-46-39(63)42(29(58)22-70-46)77-48-40(64)43(69-10)35(59)31(21-56)74-48;/h11-13,17,25,27,29-49,56,58-64H,14-16,18-23H2,1-10H3,(H,66,67,68);/q;+1/p-1/b17-11+;/t25-,27+,29-,30+,31-,32-,33+,34+,35-,36+,37-,38-,39-,40-,41-,42+,43+,44-,45-,46+,47+,48+,49+,52-,53+,54+,55-;/m1./s1. The molecule has 25 nitrogen and oxygen atoms in total. The Balaban J connectivity index is 0.00000880. The summed E-state index contributed by atoms with van der Waals surface area (Å²) in [5.41, 5.74) is -1.46. The number of carbonyl (C=O) groups excluding carboxylic acids is 2. The van der Waals surface area contributed by atoms with E-state index >= 15 is 0 Å². The van der Waals surface area contributed by atoms with Crippen LogP contribution in [0.5, 0.6) is 0 Å². The molecule has 9 aliphatic rings. The van der Waals surface area contributed by atoms with E-state index in [2.05, 4.69) is 38.0 Å². The molecule has 27 heteroatoms. The number of allylic oxidation sites excluding steroid dienone is 5. The van der Waals surface area contributed by atoms with Crippen LogP contribution in [0.2, 0.25) is 0 Å². The van der Waals surface area contributed by atoms with Gasteiger partial charge in [-0.3, -0.25) is 13.8 Å². The number of methoxy groups -OCH3 is 1. The van der Waals surface area contributed by atoms with Gasteiger partial charge in [0.05, 0.1) is 43.4 Å². The molecule has 5 aliphatic heterocycles. The first kappa shape index (κ1) is 66.3. The predicted octanol–water partition coefficient (Wildman–Crippen LogP) is -2.94. The van der Waals surface area contributed by atoms with Crippen LogP contribution >= 0.6 is 0 Å². The van der Waals surface area contributed by atoms with Crippen LogP contribution in [0, 0.1) is 39.4 Å². The van der Waals surface area contributed by atoms with Crippen LogP contribution in [-0.4, -0.2) is 221 Å². The van der Waals surface area contributed by atoms with E-state index in [0.29, 0.717) is 38.5 Å². The van der Waals surface area contributed by atoms with Gasteiger partial charge < -0.3 is 97.5 Å². The third kappa shape index (κ3) is 11.7. The van der Waals surface area contributed by atoms with Crippen LogP contribution in [0.25, 0.3) is 0 Å². The Kier molecular flexibility index (Phi) is 20.0. The fourth-order valence-corrected chi connectivity index (χ4v) is 16.4. The molecular formula is C55H83NaO25S. The first-order chi connectivity index (χ1) is 37.9. The maximum atomic E-state index is 14.6. The van der Waals surface area contributed by atoms with Crippen molar-refractivity contribution in [3.8, 4) is 0 Å². The third-order valence-electron chi connectivity index (χ3n) is 19.8. The van der Waals surface area contributed by atoms with Crippen LogP contribution in [0.4, 0.5) is 0 Å². The van der Waals surface area contributed by atoms with Crippen molar-refractivity contribution in [2.24, 2.45) is 39.4 Å². The van der Waals surface area contributed by atoms with E-state index in [-0.39, 0.29) is 52.8 Å². The fraction of sp³-hybridized carbons (Fsp3) is 0.855. The van der Waals surface area contributed by atoms with Crippen LogP contribution in [0.15, 0.2) is 35.5 Å². The average molecular weight is 1200 g/mol. The molecule has 9 rings (SSSR count). The Morgan fingerprint density at radius 3 is 2.07 bits per heavy atom. The van der Waals surface area contributed by atoms with Crippen molar-refractivity contribution in [2.75, 3.05) is 26.9 Å². The summed E-state index contributed by atoms with van der Waals surface area (Å²) in [6.45, 7) is 15.4. The van der Waals surface area contributed by atoms with Crippen LogP contribution in [0.1, 0.15) is 101 Å². The van der Waals surface area contributed by atoms with E-state index in [1.807, 2.05) is 39.0 Å². The topological polar surface area (TPSA) is 364 Å². The van der Waals surface area contributed by atoms with Crippen LogP contribution < -0.4 is 29.6 Å². The minimum Gasteiger partial charge on any atom is -0.726 e. The molecule has 0 amide bonds. The molecule has 460 valence electrons. The summed E-state index contributed by atoms with van der Waals surface area (Å²) in [6, 6.07) is 0. The first-order valence-electron chi connectivity index (χ1n) is 28.0. The number of hydrogen-bond acceptors (Lipinski definition) is 25. The minimum atomic E-state index is -5.41. The van der Waals surface area contributed by atoms with Gasteiger partial charge in [-0.25, -0.2) is 8.42 Å². The molecule has 5 heterocycles. The summed E-state index contributed by atoms with van der Waals surface area (Å²) in [4.78, 5) is 27.4. The van der Waals surface area contributed by atoms with E-state index in [4.69, 9.17) is 52.1 Å². The number of aliphatic hydroxyl groups excluding tert-OH is 8. The summed E-state index contributed by atoms with van der Waals surface area (Å²) >= 11 is 0. The summed E-state index contributed by atoms with van der Waals surface area (Å²) in [6.07, 6.45) is -19.2. The number of carbonyl (C=O) groups is 2. The summed E-state index contributed by atoms with van der Waals surface area (Å²) < 4.78 is 106. The zero-order chi connectivity index (χ0) is 59.3. The van der Waals surface area contributed by atoms with Gasteiger partial charge in [-0.05, 0) is 95.0 Å². The number of fused-ring (bicyclic) bond motifs is 4. The van der Waals surface area contributed by atoms with Crippen molar-refractivity contribution in [2.45, 2.75) is 229 Å². The smallest absolute Gasteiger partial charge is 0.726 e. The van der Waals surface area contributed by atoms with Gasteiger partial charge in [0.15, 0.2) is 25.2 Å². The van der Waals surface area contributed by atoms with Crippen LogP contribution in [-0.2, 0) is 76.3 Å². The second-order valence-corrected chi connectivity index (χ2v) is 26.2. The molecule has 4 aliphatic carbocycles. The Bertz CT molecular complexity index is 2510. The van der Waals surface area contributed by atoms with Gasteiger partial charge in [0.1, 0.15) is 91.1 Å². The van der Waals surface area contributed by atoms with Crippen molar-refractivity contribution in [3.05, 3.63) is 35.5 Å². The quantitative estimate of drug-likeness (QED) is 0.0203. The van der Waals surface area contributed by atoms with Gasteiger partial charge in [0, 0.05) is 19.4 Å². The molecule has 27 atom stereocenters. The molecule has 0 aromatic heterocycles. The van der Waals surface area contributed by atoms with E-state index in [1.165, 1.54) is 21.0 Å². The second-order valence-electron chi connectivity index (χ2n) is 25.2. The molecule has 3 saturated carbocycles. The number of aliphatic hydroxyl groups is 8. The molecule has 0 aromatic carbocycles. The minimum absolute atomic E-state index is 0. The van der Waals surface area contributed by atoms with Gasteiger partial charge in [-0.1, -0.05) is 57.1 Å². The molecule has 1 spiro atoms. The van der Waals surface area contributed by atoms with E-state index in [9.17, 15) is 63.4 Å². The third-order valence-corrected chi connectivity index (χ3v) is 20.2. The van der Waals surface area contributed by atoms with Crippen molar-refractivity contribution in [1.29, 1.82) is 0 Å². The summed E-state index contributed by atoms with van der Waals surface area (Å²) in [5.74, 6) is -1.18. The van der Waals surface area contributed by atoms with Gasteiger partial charge in [-0.2, -0.15) is 0 Å². The fourth-order valence-electron chi connectivity index (χ4n) is 15.9. The Labute approximate surface area is 500 Å². The molecule has 8 N–H and O–H groups in total. The van der Waals surface area contributed by atoms with E-state index in [0.717, 1.165) is 11.1 Å². The van der Waals surface area contributed by atoms with Crippen molar-refractivity contribution < 1.29 is 149 Å². The van der Waals surface area contributed by atoms with Crippen molar-refractivity contribution in [3.63, 3.8) is 0 Å². The summed E-state index contributed by atoms with van der Waals surface area (Å²) in [5, 5.41) is 88.3. The molecule has 5 saturated heterocycles. The second kappa shape index (κ2) is 24.7. The van der Waals surface area contributed by atoms with Crippen LogP contribution in [0.3, 0.4) is 0 Å². The van der Waals surface area contributed by atoms with Crippen molar-refractivity contribution in [1.82, 2.24) is 0 Å². The normalized spacial score (nSPS) is 49.0. The number of rotatable bonds is 15. The molecular weight excluding hydrogens is 1120 g/mol. The first-order valence-corrected chi connectivity index (χ1v) is 29.3. The molecule has 8 fully saturated rings. The Morgan fingerprint density at radius 1 is 0.780 bits per heavy atom. The predicted molar refractivity (Wildman–Crippen MR) is 274 cm³/mol. The maximum Gasteiger partial charge on any atom is 1.00 e. The average Bonchev–Trinajstić information content (AvgIpc) is 1.52. The Morgan fingerprint density at radius 2 is 1.43 bits per heavy atom. The van der Waals surface area contributed by atoms with Gasteiger partial charge in [0.25, 0.3) is 0 Å². The number of esters is 2. The monoisotopic (exact) mass is 1200 g/mol. The van der Waals surface area contributed by atoms with E-state index in [1.54, 1.807) is 0 Å². The van der Waals surface area contributed by atoms with Gasteiger partial charge in [0.2, 0.25) is 10.4 Å². The molecule has 82 heavy (non-hydrogen) atoms. The maximum absolute atomic E-state index is 14.6. The summed E-state index contributed by atoms with van der Waals surface area (Å²) in [7, 11) is -4.21. The van der Waals surface area contributed by atoms with E-state index < -0.39 is 187 Å².